The molecule has 1 aliphatic rings. The lowest BCUT2D eigenvalue weighted by molar-refractivity contribution is -0.137. The molecule has 1 rings (SSSR count). The van der Waals surface area contributed by atoms with Gasteiger partial charge < -0.3 is 10.2 Å². The second-order valence-corrected chi connectivity index (χ2v) is 11.3. The second-order valence-electron chi connectivity index (χ2n) is 11.3. The Labute approximate surface area is 229 Å². The average Bonchev–Trinajstić information content (AvgIpc) is 2.82. The summed E-state index contributed by atoms with van der Waals surface area (Å²) >= 11 is 0. The van der Waals surface area contributed by atoms with Crippen LogP contribution in [0, 0.1) is 5.41 Å². The van der Waals surface area contributed by atoms with Crippen molar-refractivity contribution in [2.24, 2.45) is 5.41 Å². The van der Waals surface area contributed by atoms with Crippen LogP contribution in [0.25, 0.3) is 0 Å². The normalized spacial score (nSPS) is 16.4. The summed E-state index contributed by atoms with van der Waals surface area (Å²) in [5.74, 6) is -0.657. The minimum Gasteiger partial charge on any atom is -0.481 e. The molecule has 0 heterocycles. The molecule has 212 valence electrons. The van der Waals surface area contributed by atoms with Gasteiger partial charge >= 0.3 is 5.97 Å². The topological polar surface area (TPSA) is 57.5 Å². The van der Waals surface area contributed by atoms with E-state index in [4.69, 9.17) is 10.2 Å². The third-order valence-corrected chi connectivity index (χ3v) is 7.18. The van der Waals surface area contributed by atoms with Crippen LogP contribution in [-0.4, -0.2) is 22.8 Å². The Hall–Kier alpha value is -1.87. The quantitative estimate of drug-likeness (QED) is 0.150. The summed E-state index contributed by atoms with van der Waals surface area (Å²) in [6.45, 7) is 13.4. The first-order chi connectivity index (χ1) is 17.6. The highest BCUT2D eigenvalue weighted by molar-refractivity contribution is 5.66. The fraction of sp³-hybridized carbons (Fsp3) is 0.676. The van der Waals surface area contributed by atoms with Crippen LogP contribution in [-0.2, 0) is 4.79 Å². The monoisotopic (exact) mass is 514 g/mol. The van der Waals surface area contributed by atoms with Crippen molar-refractivity contribution >= 4 is 5.97 Å². The third kappa shape index (κ3) is 19.9. The van der Waals surface area contributed by atoms with Gasteiger partial charge in [-0.2, -0.15) is 0 Å². The molecule has 0 fully saturated rings. The first-order valence-corrected chi connectivity index (χ1v) is 14.9. The maximum atomic E-state index is 10.3. The molecule has 2 N–H and O–H groups in total. The van der Waals surface area contributed by atoms with E-state index in [-0.39, 0.29) is 6.61 Å². The van der Waals surface area contributed by atoms with E-state index in [1.807, 2.05) is 19.1 Å². The number of hydrogen-bond donors (Lipinski definition) is 2. The molecule has 0 unspecified atom stereocenters. The predicted molar refractivity (Wildman–Crippen MR) is 162 cm³/mol. The van der Waals surface area contributed by atoms with E-state index < -0.39 is 5.97 Å². The molecule has 3 heteroatoms. The standard InChI is InChI=1S/C20H30O.C14H28O2/c1-16(8-6-9-17(2)13-15-21)11-12-19-18(3)10-7-14-20(19,4)5;1-2-3-4-5-6-7-8-9-10-11-12-13-14(15)16/h6,8-9,11-13,21H,7,10,14-15H2,1-5H3;2-13H2,1H3,(H,15,16). The molecular weight excluding hydrogens is 456 g/mol. The largest absolute Gasteiger partial charge is 0.481 e. The lowest BCUT2D eigenvalue weighted by Crippen LogP contribution is -2.19. The van der Waals surface area contributed by atoms with E-state index in [0.717, 1.165) is 18.4 Å². The van der Waals surface area contributed by atoms with Crippen LogP contribution in [0.3, 0.4) is 0 Å². The Balaban J connectivity index is 0.000000730. The molecular formula is C34H58O3. The molecule has 0 aromatic rings. The van der Waals surface area contributed by atoms with Crippen molar-refractivity contribution in [2.75, 3.05) is 6.61 Å². The number of aliphatic hydroxyl groups is 1. The Bertz CT molecular complexity index is 762. The predicted octanol–water partition coefficient (Wildman–Crippen LogP) is 10.3. The van der Waals surface area contributed by atoms with Gasteiger partial charge in [-0.15, -0.1) is 0 Å². The Kier molecular flexibility index (Phi) is 21.0. The van der Waals surface area contributed by atoms with Gasteiger partial charge in [-0.05, 0) is 57.4 Å². The highest BCUT2D eigenvalue weighted by atomic mass is 16.4. The fourth-order valence-electron chi connectivity index (χ4n) is 4.78. The van der Waals surface area contributed by atoms with Gasteiger partial charge in [-0.3, -0.25) is 4.79 Å². The number of hydrogen-bond acceptors (Lipinski definition) is 2. The SMILES string of the molecule is CC(C=CC1=C(C)CCCC1(C)C)=CC=CC(C)=CCO.CCCCCCCCCCCCCC(=O)O. The number of aliphatic hydroxyl groups excluding tert-OH is 1. The summed E-state index contributed by atoms with van der Waals surface area (Å²) in [6, 6.07) is 0. The van der Waals surface area contributed by atoms with E-state index in [1.54, 1.807) is 6.08 Å². The number of unbranched alkanes of at least 4 members (excludes halogenated alkanes) is 10. The second kappa shape index (κ2) is 22.1. The molecule has 0 saturated heterocycles. The van der Waals surface area contributed by atoms with Crippen molar-refractivity contribution in [3.63, 3.8) is 0 Å². The van der Waals surface area contributed by atoms with E-state index >= 15 is 0 Å². The van der Waals surface area contributed by atoms with Crippen molar-refractivity contribution in [1.82, 2.24) is 0 Å². The van der Waals surface area contributed by atoms with Crippen LogP contribution in [0.15, 0.2) is 58.7 Å². The summed E-state index contributed by atoms with van der Waals surface area (Å²) in [5.41, 5.74) is 5.66. The number of aliphatic carboxylic acids is 1. The van der Waals surface area contributed by atoms with E-state index in [0.29, 0.717) is 11.8 Å². The first-order valence-electron chi connectivity index (χ1n) is 14.9. The van der Waals surface area contributed by atoms with Crippen LogP contribution >= 0.6 is 0 Å². The van der Waals surface area contributed by atoms with Gasteiger partial charge in [-0.25, -0.2) is 0 Å². The van der Waals surface area contributed by atoms with Gasteiger partial charge in [-0.1, -0.05) is 138 Å². The van der Waals surface area contributed by atoms with Crippen LogP contribution in [0.4, 0.5) is 0 Å². The van der Waals surface area contributed by atoms with Crippen LogP contribution in [0.5, 0.6) is 0 Å². The first kappa shape index (κ1) is 35.1. The van der Waals surface area contributed by atoms with Gasteiger partial charge in [0.1, 0.15) is 0 Å². The van der Waals surface area contributed by atoms with Crippen molar-refractivity contribution in [3.8, 4) is 0 Å². The molecule has 0 radical (unpaired) electrons. The molecule has 0 atom stereocenters. The van der Waals surface area contributed by atoms with E-state index in [9.17, 15) is 4.79 Å². The minimum absolute atomic E-state index is 0.0985. The van der Waals surface area contributed by atoms with Crippen LogP contribution < -0.4 is 0 Å². The highest BCUT2D eigenvalue weighted by Crippen LogP contribution is 2.40. The number of rotatable bonds is 17. The fourth-order valence-corrected chi connectivity index (χ4v) is 4.78. The maximum Gasteiger partial charge on any atom is 0.303 e. The van der Waals surface area contributed by atoms with E-state index in [2.05, 4.69) is 52.8 Å². The summed E-state index contributed by atoms with van der Waals surface area (Å²) in [4.78, 5) is 10.3. The summed E-state index contributed by atoms with van der Waals surface area (Å²) in [7, 11) is 0. The Morgan fingerprint density at radius 3 is 1.97 bits per heavy atom. The van der Waals surface area contributed by atoms with E-state index in [1.165, 1.54) is 93.8 Å². The molecule has 0 aromatic heterocycles. The molecule has 37 heavy (non-hydrogen) atoms. The Morgan fingerprint density at radius 1 is 0.892 bits per heavy atom. The maximum absolute atomic E-state index is 10.3. The molecule has 0 spiro atoms. The van der Waals surface area contributed by atoms with Crippen molar-refractivity contribution in [2.45, 2.75) is 138 Å². The highest BCUT2D eigenvalue weighted by Gasteiger charge is 2.26. The molecule has 0 saturated carbocycles. The molecule has 0 aromatic carbocycles. The molecule has 1 aliphatic carbocycles. The van der Waals surface area contributed by atoms with Gasteiger partial charge in [0, 0.05) is 6.42 Å². The van der Waals surface area contributed by atoms with Crippen LogP contribution in [0.1, 0.15) is 138 Å². The van der Waals surface area contributed by atoms with Gasteiger partial charge in [0.15, 0.2) is 0 Å². The van der Waals surface area contributed by atoms with Gasteiger partial charge in [0.25, 0.3) is 0 Å². The average molecular weight is 515 g/mol. The molecule has 3 nitrogen and oxygen atoms in total. The number of carbonyl (C=O) groups is 1. The number of carboxylic acids is 1. The van der Waals surface area contributed by atoms with Crippen molar-refractivity contribution < 1.29 is 15.0 Å². The lowest BCUT2D eigenvalue weighted by Gasteiger charge is -2.32. The van der Waals surface area contributed by atoms with Gasteiger partial charge in [0.2, 0.25) is 0 Å². The van der Waals surface area contributed by atoms with Crippen molar-refractivity contribution in [3.05, 3.63) is 58.7 Å². The lowest BCUT2D eigenvalue weighted by atomic mass is 9.72. The van der Waals surface area contributed by atoms with Crippen LogP contribution in [0.2, 0.25) is 0 Å². The number of allylic oxidation sites excluding steroid dienone is 9. The smallest absolute Gasteiger partial charge is 0.303 e. The molecule has 0 amide bonds. The zero-order valence-electron chi connectivity index (χ0n) is 25.1. The van der Waals surface area contributed by atoms with Gasteiger partial charge in [0.05, 0.1) is 6.61 Å². The molecule has 0 aliphatic heterocycles. The zero-order chi connectivity index (χ0) is 27.9. The van der Waals surface area contributed by atoms with Crippen molar-refractivity contribution in [1.29, 1.82) is 0 Å². The third-order valence-electron chi connectivity index (χ3n) is 7.18. The molecule has 0 bridgehead atoms. The Morgan fingerprint density at radius 2 is 1.46 bits per heavy atom. The summed E-state index contributed by atoms with van der Waals surface area (Å²) < 4.78 is 0. The summed E-state index contributed by atoms with van der Waals surface area (Å²) in [6.07, 6.45) is 30.6. The summed E-state index contributed by atoms with van der Waals surface area (Å²) in [5, 5.41) is 17.3. The zero-order valence-corrected chi connectivity index (χ0v) is 25.1. The number of carboxylic acid groups (broad SMARTS) is 1. The minimum atomic E-state index is -0.657.